The van der Waals surface area contributed by atoms with Crippen molar-refractivity contribution < 1.29 is 0 Å². The fraction of sp³-hybridized carbons (Fsp3) is 0.625. The van der Waals surface area contributed by atoms with Crippen LogP contribution in [-0.2, 0) is 6.42 Å². The molecule has 2 heteroatoms. The van der Waals surface area contributed by atoms with E-state index >= 15 is 0 Å². The molecule has 1 fully saturated rings. The maximum atomic E-state index is 3.54. The Morgan fingerprint density at radius 1 is 1.17 bits per heavy atom. The number of anilines is 2. The zero-order valence-electron chi connectivity index (χ0n) is 11.4. The molecule has 2 aliphatic heterocycles. The van der Waals surface area contributed by atoms with Gasteiger partial charge in [-0.1, -0.05) is 13.0 Å². The molecule has 3 rings (SSSR count). The summed E-state index contributed by atoms with van der Waals surface area (Å²) in [5, 5.41) is 3.54. The summed E-state index contributed by atoms with van der Waals surface area (Å²) < 4.78 is 0. The van der Waals surface area contributed by atoms with Crippen LogP contribution in [0.3, 0.4) is 0 Å². The smallest absolute Gasteiger partial charge is 0.0419 e. The topological polar surface area (TPSA) is 15.3 Å². The van der Waals surface area contributed by atoms with Crippen molar-refractivity contribution in [1.29, 1.82) is 0 Å². The molecule has 1 aromatic rings. The lowest BCUT2D eigenvalue weighted by Crippen LogP contribution is -2.26. The predicted molar refractivity (Wildman–Crippen MR) is 78.5 cm³/mol. The highest BCUT2D eigenvalue weighted by atomic mass is 15.1. The normalized spacial score (nSPS) is 24.1. The van der Waals surface area contributed by atoms with Crippen LogP contribution >= 0.6 is 0 Å². The Labute approximate surface area is 110 Å². The van der Waals surface area contributed by atoms with Crippen LogP contribution < -0.4 is 10.2 Å². The summed E-state index contributed by atoms with van der Waals surface area (Å²) >= 11 is 0. The van der Waals surface area contributed by atoms with Crippen LogP contribution in [0.4, 0.5) is 11.4 Å². The fourth-order valence-corrected chi connectivity index (χ4v) is 3.29. The SMILES string of the molecule is CC1CCCN(c2cccc3c2CCCN3)CC1. The molecule has 0 radical (unpaired) electrons. The van der Waals surface area contributed by atoms with Crippen molar-refractivity contribution in [2.24, 2.45) is 5.92 Å². The lowest BCUT2D eigenvalue weighted by molar-refractivity contribution is 0.521. The third kappa shape index (κ3) is 2.33. The van der Waals surface area contributed by atoms with Gasteiger partial charge in [0.2, 0.25) is 0 Å². The molecule has 0 aromatic heterocycles. The highest BCUT2D eigenvalue weighted by Crippen LogP contribution is 2.33. The minimum Gasteiger partial charge on any atom is -0.385 e. The highest BCUT2D eigenvalue weighted by molar-refractivity contribution is 5.67. The molecule has 0 bridgehead atoms. The van der Waals surface area contributed by atoms with Crippen molar-refractivity contribution in [2.75, 3.05) is 29.9 Å². The number of nitrogens with one attached hydrogen (secondary N) is 1. The van der Waals surface area contributed by atoms with E-state index < -0.39 is 0 Å². The average Bonchev–Trinajstić information content (AvgIpc) is 2.63. The maximum Gasteiger partial charge on any atom is 0.0419 e. The molecule has 2 nitrogen and oxygen atoms in total. The molecule has 2 heterocycles. The second-order valence-corrected chi connectivity index (χ2v) is 5.86. The van der Waals surface area contributed by atoms with Gasteiger partial charge in [-0.2, -0.15) is 0 Å². The molecule has 0 spiro atoms. The molecule has 1 aromatic carbocycles. The number of benzene rings is 1. The van der Waals surface area contributed by atoms with Crippen LogP contribution in [0.25, 0.3) is 0 Å². The second-order valence-electron chi connectivity index (χ2n) is 5.86. The molecular weight excluding hydrogens is 220 g/mol. The van der Waals surface area contributed by atoms with Gasteiger partial charge in [0.25, 0.3) is 0 Å². The minimum absolute atomic E-state index is 0.896. The van der Waals surface area contributed by atoms with Gasteiger partial charge >= 0.3 is 0 Å². The Bertz CT molecular complexity index is 414. The molecule has 2 aliphatic rings. The first-order chi connectivity index (χ1) is 8.84. The predicted octanol–water partition coefficient (Wildman–Crippen LogP) is 3.67. The van der Waals surface area contributed by atoms with Crippen LogP contribution in [0.5, 0.6) is 0 Å². The molecular formula is C16H24N2. The van der Waals surface area contributed by atoms with E-state index in [2.05, 4.69) is 35.3 Å². The van der Waals surface area contributed by atoms with Gasteiger partial charge in [-0.25, -0.2) is 0 Å². The van der Waals surface area contributed by atoms with E-state index in [1.807, 2.05) is 0 Å². The van der Waals surface area contributed by atoms with Gasteiger partial charge in [-0.15, -0.1) is 0 Å². The first-order valence-electron chi connectivity index (χ1n) is 7.45. The van der Waals surface area contributed by atoms with E-state index in [1.54, 1.807) is 5.56 Å². The number of hydrogen-bond donors (Lipinski definition) is 1. The van der Waals surface area contributed by atoms with Gasteiger partial charge in [-0.3, -0.25) is 0 Å². The Morgan fingerprint density at radius 3 is 3.06 bits per heavy atom. The second kappa shape index (κ2) is 5.21. The molecule has 0 amide bonds. The highest BCUT2D eigenvalue weighted by Gasteiger charge is 2.19. The van der Waals surface area contributed by atoms with Crippen LogP contribution in [0.1, 0.15) is 38.2 Å². The van der Waals surface area contributed by atoms with Gasteiger partial charge in [-0.05, 0) is 55.7 Å². The number of nitrogens with zero attached hydrogens (tertiary/aromatic N) is 1. The minimum atomic E-state index is 0.896. The third-order valence-corrected chi connectivity index (χ3v) is 4.43. The van der Waals surface area contributed by atoms with Crippen LogP contribution in [0.15, 0.2) is 18.2 Å². The Kier molecular flexibility index (Phi) is 3.44. The quantitative estimate of drug-likeness (QED) is 0.811. The van der Waals surface area contributed by atoms with Gasteiger partial charge in [0.1, 0.15) is 0 Å². The van der Waals surface area contributed by atoms with Crippen LogP contribution in [0.2, 0.25) is 0 Å². The van der Waals surface area contributed by atoms with Crippen molar-refractivity contribution in [2.45, 2.75) is 39.0 Å². The van der Waals surface area contributed by atoms with E-state index in [0.29, 0.717) is 0 Å². The van der Waals surface area contributed by atoms with E-state index in [9.17, 15) is 0 Å². The lowest BCUT2D eigenvalue weighted by Gasteiger charge is -2.29. The Balaban J connectivity index is 1.87. The van der Waals surface area contributed by atoms with E-state index in [1.165, 1.54) is 56.6 Å². The monoisotopic (exact) mass is 244 g/mol. The fourth-order valence-electron chi connectivity index (χ4n) is 3.29. The van der Waals surface area contributed by atoms with Crippen LogP contribution in [0, 0.1) is 5.92 Å². The molecule has 1 N–H and O–H groups in total. The first-order valence-corrected chi connectivity index (χ1v) is 7.45. The zero-order valence-corrected chi connectivity index (χ0v) is 11.4. The molecule has 0 aliphatic carbocycles. The van der Waals surface area contributed by atoms with E-state index in [-0.39, 0.29) is 0 Å². The maximum absolute atomic E-state index is 3.54. The van der Waals surface area contributed by atoms with E-state index in [4.69, 9.17) is 0 Å². The number of fused-ring (bicyclic) bond motifs is 1. The molecule has 1 unspecified atom stereocenters. The van der Waals surface area contributed by atoms with Gasteiger partial charge in [0.15, 0.2) is 0 Å². The summed E-state index contributed by atoms with van der Waals surface area (Å²) in [5.74, 6) is 0.896. The summed E-state index contributed by atoms with van der Waals surface area (Å²) in [6.07, 6.45) is 6.60. The van der Waals surface area contributed by atoms with Gasteiger partial charge < -0.3 is 10.2 Å². The van der Waals surface area contributed by atoms with Crippen molar-refractivity contribution >= 4 is 11.4 Å². The van der Waals surface area contributed by atoms with Crippen molar-refractivity contribution in [3.05, 3.63) is 23.8 Å². The van der Waals surface area contributed by atoms with Crippen LogP contribution in [-0.4, -0.2) is 19.6 Å². The van der Waals surface area contributed by atoms with E-state index in [0.717, 1.165) is 12.5 Å². The Morgan fingerprint density at radius 2 is 2.11 bits per heavy atom. The van der Waals surface area contributed by atoms with Crippen molar-refractivity contribution in [3.63, 3.8) is 0 Å². The third-order valence-electron chi connectivity index (χ3n) is 4.43. The molecule has 0 saturated carbocycles. The largest absolute Gasteiger partial charge is 0.385 e. The summed E-state index contributed by atoms with van der Waals surface area (Å²) in [5.41, 5.74) is 4.42. The lowest BCUT2D eigenvalue weighted by atomic mass is 10.0. The summed E-state index contributed by atoms with van der Waals surface area (Å²) in [6, 6.07) is 6.76. The summed E-state index contributed by atoms with van der Waals surface area (Å²) in [6.45, 7) is 6.00. The van der Waals surface area contributed by atoms with Gasteiger partial charge in [0, 0.05) is 31.0 Å². The summed E-state index contributed by atoms with van der Waals surface area (Å²) in [7, 11) is 0. The van der Waals surface area contributed by atoms with Crippen molar-refractivity contribution in [3.8, 4) is 0 Å². The molecule has 1 saturated heterocycles. The van der Waals surface area contributed by atoms with Crippen molar-refractivity contribution in [1.82, 2.24) is 0 Å². The zero-order chi connectivity index (χ0) is 12.4. The number of rotatable bonds is 1. The average molecular weight is 244 g/mol. The molecule has 18 heavy (non-hydrogen) atoms. The number of hydrogen-bond acceptors (Lipinski definition) is 2. The Hall–Kier alpha value is -1.18. The summed E-state index contributed by atoms with van der Waals surface area (Å²) in [4.78, 5) is 2.62. The standard InChI is InChI=1S/C16H24N2/c1-13-5-4-11-18(12-9-13)16-8-2-7-15-14(16)6-3-10-17-15/h2,7-8,13,17H,3-6,9-12H2,1H3. The first kappa shape index (κ1) is 11.9. The van der Waals surface area contributed by atoms with Gasteiger partial charge in [0.05, 0.1) is 0 Å². The molecule has 1 atom stereocenters. The molecule has 98 valence electrons.